The van der Waals surface area contributed by atoms with Crippen molar-refractivity contribution < 1.29 is 18.6 Å². The van der Waals surface area contributed by atoms with Gasteiger partial charge in [-0.05, 0) is 88.9 Å². The van der Waals surface area contributed by atoms with Gasteiger partial charge in [0.25, 0.3) is 0 Å². The molecule has 2 aromatic heterocycles. The minimum atomic E-state index is 0.0227. The molecule has 8 heteroatoms. The molecule has 4 fully saturated rings. The number of carbonyl (C=O) groups excluding carboxylic acids is 2. The third-order valence-corrected chi connectivity index (χ3v) is 8.66. The number of rotatable bonds is 8. The Hall–Kier alpha value is -2.64. The van der Waals surface area contributed by atoms with E-state index in [0.29, 0.717) is 37.8 Å². The van der Waals surface area contributed by atoms with Gasteiger partial charge in [0.1, 0.15) is 11.5 Å². The molecule has 4 aliphatic carbocycles. The minimum Gasteiger partial charge on any atom is -0.361 e. The average Bonchev–Trinajstić information content (AvgIpc) is 3.23. The Balaban J connectivity index is 1.22. The Labute approximate surface area is 200 Å². The first-order valence-corrected chi connectivity index (χ1v) is 12.5. The monoisotopic (exact) mass is 468 g/mol. The Morgan fingerprint density at radius 2 is 1.21 bits per heavy atom. The molecule has 0 aliphatic heterocycles. The van der Waals surface area contributed by atoms with Crippen LogP contribution in [0.15, 0.2) is 9.05 Å². The molecule has 0 atom stereocenters. The fourth-order valence-electron chi connectivity index (χ4n) is 7.75. The summed E-state index contributed by atoms with van der Waals surface area (Å²) in [6.07, 6.45) is 7.79. The lowest BCUT2D eigenvalue weighted by Crippen LogP contribution is -2.54. The molecule has 0 spiro atoms. The van der Waals surface area contributed by atoms with E-state index < -0.39 is 0 Å². The van der Waals surface area contributed by atoms with E-state index in [1.165, 1.54) is 6.42 Å². The highest BCUT2D eigenvalue weighted by molar-refractivity contribution is 5.78. The van der Waals surface area contributed by atoms with E-state index in [9.17, 15) is 9.59 Å². The van der Waals surface area contributed by atoms with Crippen molar-refractivity contribution in [2.24, 2.45) is 22.7 Å². The van der Waals surface area contributed by atoms with Gasteiger partial charge in [0.05, 0.1) is 11.4 Å². The molecule has 2 heterocycles. The number of hydrogen-bond donors (Lipinski definition) is 2. The zero-order valence-corrected chi connectivity index (χ0v) is 20.8. The van der Waals surface area contributed by atoms with Crippen molar-refractivity contribution in [1.29, 1.82) is 0 Å². The molecule has 34 heavy (non-hydrogen) atoms. The average molecular weight is 469 g/mol. The first kappa shape index (κ1) is 23.1. The second-order valence-corrected chi connectivity index (χ2v) is 11.5. The summed E-state index contributed by atoms with van der Waals surface area (Å²) in [4.78, 5) is 26.0. The number of nitrogens with zero attached hydrogens (tertiary/aromatic N) is 2. The number of hydrogen-bond acceptors (Lipinski definition) is 6. The van der Waals surface area contributed by atoms with Crippen LogP contribution in [0.3, 0.4) is 0 Å². The van der Waals surface area contributed by atoms with Crippen LogP contribution in [0.2, 0.25) is 0 Å². The Morgan fingerprint density at radius 1 is 0.794 bits per heavy atom. The van der Waals surface area contributed by atoms with Gasteiger partial charge in [-0.3, -0.25) is 9.59 Å². The maximum atomic E-state index is 13.0. The minimum absolute atomic E-state index is 0.0227. The molecule has 0 aromatic carbocycles. The molecular formula is C26H36N4O4. The Bertz CT molecular complexity index is 965. The SMILES string of the molecule is Cc1noc(C)c1CNC(=O)CC12CC3CC(C1)CC(CC(=O)NCc1c(C)noc1C)(C3)C2. The molecule has 0 radical (unpaired) electrons. The molecule has 0 saturated heterocycles. The van der Waals surface area contributed by atoms with Crippen LogP contribution in [0, 0.1) is 50.4 Å². The number of aromatic nitrogens is 2. The molecule has 2 aromatic rings. The normalized spacial score (nSPS) is 29.4. The summed E-state index contributed by atoms with van der Waals surface area (Å²) >= 11 is 0. The molecule has 4 bridgehead atoms. The molecule has 2 N–H and O–H groups in total. The van der Waals surface area contributed by atoms with Crippen LogP contribution >= 0.6 is 0 Å². The predicted molar refractivity (Wildman–Crippen MR) is 124 cm³/mol. The molecule has 4 aliphatic rings. The lowest BCUT2D eigenvalue weighted by Gasteiger charge is -2.62. The van der Waals surface area contributed by atoms with Crippen LogP contribution < -0.4 is 10.6 Å². The van der Waals surface area contributed by atoms with E-state index in [2.05, 4.69) is 20.9 Å². The summed E-state index contributed by atoms with van der Waals surface area (Å²) in [5, 5.41) is 14.2. The number of amides is 2. The van der Waals surface area contributed by atoms with Gasteiger partial charge in [-0.2, -0.15) is 0 Å². The standard InChI is InChI=1S/C26H36N4O4/c1-15-21(17(3)33-29-15)12-27-23(31)10-25-6-19-5-20(7-25)9-26(8-19,14-25)11-24(32)28-13-22-16(2)30-34-18(22)4/h19-20H,5-14H2,1-4H3,(H,27,31)(H,28,32). The van der Waals surface area contributed by atoms with Crippen molar-refractivity contribution in [3.63, 3.8) is 0 Å². The molecule has 184 valence electrons. The van der Waals surface area contributed by atoms with Crippen LogP contribution in [0.25, 0.3) is 0 Å². The van der Waals surface area contributed by atoms with E-state index in [1.807, 2.05) is 27.7 Å². The van der Waals surface area contributed by atoms with E-state index in [4.69, 9.17) is 9.05 Å². The van der Waals surface area contributed by atoms with Gasteiger partial charge in [-0.1, -0.05) is 10.3 Å². The summed E-state index contributed by atoms with van der Waals surface area (Å²) in [5.41, 5.74) is 3.63. The zero-order chi connectivity index (χ0) is 24.1. The number of nitrogens with one attached hydrogen (secondary N) is 2. The second kappa shape index (κ2) is 8.54. The van der Waals surface area contributed by atoms with Crippen molar-refractivity contribution in [2.45, 2.75) is 92.2 Å². The fourth-order valence-corrected chi connectivity index (χ4v) is 7.75. The van der Waals surface area contributed by atoms with Gasteiger partial charge in [0.2, 0.25) is 11.8 Å². The van der Waals surface area contributed by atoms with E-state index in [1.54, 1.807) is 0 Å². The van der Waals surface area contributed by atoms with Crippen LogP contribution in [0.4, 0.5) is 0 Å². The molecular weight excluding hydrogens is 432 g/mol. The quantitative estimate of drug-likeness (QED) is 0.601. The molecule has 2 amide bonds. The van der Waals surface area contributed by atoms with Crippen molar-refractivity contribution in [3.8, 4) is 0 Å². The predicted octanol–water partition coefficient (Wildman–Crippen LogP) is 4.20. The molecule has 6 rings (SSSR count). The first-order valence-electron chi connectivity index (χ1n) is 12.5. The smallest absolute Gasteiger partial charge is 0.220 e. The maximum Gasteiger partial charge on any atom is 0.220 e. The highest BCUT2D eigenvalue weighted by Crippen LogP contribution is 2.67. The topological polar surface area (TPSA) is 110 Å². The highest BCUT2D eigenvalue weighted by atomic mass is 16.5. The maximum absolute atomic E-state index is 13.0. The third kappa shape index (κ3) is 4.39. The molecule has 0 unspecified atom stereocenters. The van der Waals surface area contributed by atoms with Crippen LogP contribution in [0.1, 0.15) is 85.4 Å². The molecule has 8 nitrogen and oxygen atoms in total. The van der Waals surface area contributed by atoms with Crippen molar-refractivity contribution in [2.75, 3.05) is 0 Å². The van der Waals surface area contributed by atoms with Gasteiger partial charge in [0, 0.05) is 37.1 Å². The fraction of sp³-hybridized carbons (Fsp3) is 0.692. The van der Waals surface area contributed by atoms with Gasteiger partial charge in [0.15, 0.2) is 0 Å². The first-order chi connectivity index (χ1) is 16.2. The lowest BCUT2D eigenvalue weighted by atomic mass is 9.43. The summed E-state index contributed by atoms with van der Waals surface area (Å²) in [6.45, 7) is 8.47. The number of aryl methyl sites for hydroxylation is 4. The van der Waals surface area contributed by atoms with E-state index >= 15 is 0 Å². The Kier molecular flexibility index (Phi) is 5.81. The van der Waals surface area contributed by atoms with Crippen molar-refractivity contribution in [1.82, 2.24) is 20.9 Å². The lowest BCUT2D eigenvalue weighted by molar-refractivity contribution is -0.146. The van der Waals surface area contributed by atoms with Gasteiger partial charge in [-0.25, -0.2) is 0 Å². The molecule has 4 saturated carbocycles. The van der Waals surface area contributed by atoms with Crippen LogP contribution in [0.5, 0.6) is 0 Å². The van der Waals surface area contributed by atoms with E-state index in [0.717, 1.165) is 66.1 Å². The largest absolute Gasteiger partial charge is 0.361 e. The van der Waals surface area contributed by atoms with Gasteiger partial charge in [-0.15, -0.1) is 0 Å². The number of carbonyl (C=O) groups is 2. The van der Waals surface area contributed by atoms with Crippen LogP contribution in [-0.2, 0) is 22.7 Å². The van der Waals surface area contributed by atoms with Crippen molar-refractivity contribution in [3.05, 3.63) is 34.0 Å². The summed E-state index contributed by atoms with van der Waals surface area (Å²) in [5.74, 6) is 2.97. The summed E-state index contributed by atoms with van der Waals surface area (Å²) in [6, 6.07) is 0. The summed E-state index contributed by atoms with van der Waals surface area (Å²) < 4.78 is 10.4. The summed E-state index contributed by atoms with van der Waals surface area (Å²) in [7, 11) is 0. The van der Waals surface area contributed by atoms with E-state index in [-0.39, 0.29) is 22.6 Å². The van der Waals surface area contributed by atoms with Crippen LogP contribution in [-0.4, -0.2) is 22.1 Å². The van der Waals surface area contributed by atoms with Gasteiger partial charge >= 0.3 is 0 Å². The second-order valence-electron chi connectivity index (χ2n) is 11.5. The zero-order valence-electron chi connectivity index (χ0n) is 20.8. The highest BCUT2D eigenvalue weighted by Gasteiger charge is 2.58. The van der Waals surface area contributed by atoms with Crippen molar-refractivity contribution >= 4 is 11.8 Å². The third-order valence-electron chi connectivity index (χ3n) is 8.66. The van der Waals surface area contributed by atoms with Gasteiger partial charge < -0.3 is 19.7 Å². The Morgan fingerprint density at radius 3 is 1.56 bits per heavy atom.